The number of phenols is 1. The Kier molecular flexibility index (Phi) is 4.68. The van der Waals surface area contributed by atoms with Gasteiger partial charge in [-0.05, 0) is 47.9 Å². The zero-order valence-corrected chi connectivity index (χ0v) is 15.4. The van der Waals surface area contributed by atoms with Crippen molar-refractivity contribution >= 4 is 28.1 Å². The molecule has 4 heteroatoms. The molecule has 0 atom stereocenters. The Bertz CT molecular complexity index is 1120. The molecule has 0 fully saturated rings. The van der Waals surface area contributed by atoms with Gasteiger partial charge >= 0.3 is 0 Å². The average Bonchev–Trinajstić information content (AvgIpc) is 2.76. The van der Waals surface area contributed by atoms with E-state index < -0.39 is 0 Å². The van der Waals surface area contributed by atoms with E-state index in [1.807, 2.05) is 48.5 Å². The van der Waals surface area contributed by atoms with Crippen LogP contribution >= 0.6 is 0 Å². The van der Waals surface area contributed by atoms with Crippen LogP contribution in [0.3, 0.4) is 0 Å². The normalized spacial score (nSPS) is 10.6. The smallest absolute Gasteiger partial charge is 0.262 e. The van der Waals surface area contributed by atoms with Gasteiger partial charge in [-0.3, -0.25) is 9.69 Å². The summed E-state index contributed by atoms with van der Waals surface area (Å²) >= 11 is 0. The van der Waals surface area contributed by atoms with Gasteiger partial charge in [0.05, 0.1) is 12.8 Å². The summed E-state index contributed by atoms with van der Waals surface area (Å²) in [5.41, 5.74) is 1.63. The van der Waals surface area contributed by atoms with Crippen molar-refractivity contribution in [1.29, 1.82) is 0 Å². The number of ether oxygens (including phenoxy) is 1. The number of carbonyl (C=O) groups excluding carboxylic acids is 1. The second kappa shape index (κ2) is 7.45. The van der Waals surface area contributed by atoms with Crippen molar-refractivity contribution < 1.29 is 14.6 Å². The summed E-state index contributed by atoms with van der Waals surface area (Å²) in [6.07, 6.45) is 0. The van der Waals surface area contributed by atoms with Crippen molar-refractivity contribution in [2.24, 2.45) is 0 Å². The molecule has 0 bridgehead atoms. The molecule has 0 aromatic heterocycles. The van der Waals surface area contributed by atoms with Crippen LogP contribution in [-0.2, 0) is 0 Å². The van der Waals surface area contributed by atoms with Gasteiger partial charge in [0, 0.05) is 16.6 Å². The number of rotatable bonds is 4. The first-order valence-corrected chi connectivity index (χ1v) is 8.93. The maximum atomic E-state index is 13.5. The van der Waals surface area contributed by atoms with Gasteiger partial charge < -0.3 is 9.84 Å². The summed E-state index contributed by atoms with van der Waals surface area (Å²) in [4.78, 5) is 15.0. The summed E-state index contributed by atoms with van der Waals surface area (Å²) < 4.78 is 5.24. The van der Waals surface area contributed by atoms with E-state index in [0.717, 1.165) is 10.8 Å². The van der Waals surface area contributed by atoms with Crippen LogP contribution in [0.1, 0.15) is 10.4 Å². The van der Waals surface area contributed by atoms with Crippen LogP contribution < -0.4 is 9.64 Å². The highest BCUT2D eigenvalue weighted by molar-refractivity contribution is 6.16. The van der Waals surface area contributed by atoms with E-state index in [2.05, 4.69) is 0 Å². The lowest BCUT2D eigenvalue weighted by atomic mass is 10.0. The highest BCUT2D eigenvalue weighted by Gasteiger charge is 2.24. The number of hydrogen-bond donors (Lipinski definition) is 1. The number of phenolic OH excluding ortho intramolecular Hbond substituents is 1. The van der Waals surface area contributed by atoms with Crippen LogP contribution in [0, 0.1) is 0 Å². The second-order valence-corrected chi connectivity index (χ2v) is 6.36. The minimum Gasteiger partial charge on any atom is -0.506 e. The predicted molar refractivity (Wildman–Crippen MR) is 112 cm³/mol. The second-order valence-electron chi connectivity index (χ2n) is 6.36. The number of aromatic hydroxyl groups is 1. The first-order chi connectivity index (χ1) is 13.7. The highest BCUT2D eigenvalue weighted by atomic mass is 16.5. The van der Waals surface area contributed by atoms with Crippen LogP contribution in [0.25, 0.3) is 10.8 Å². The number of amides is 1. The number of benzene rings is 4. The minimum atomic E-state index is -0.225. The molecule has 0 saturated carbocycles. The zero-order valence-electron chi connectivity index (χ0n) is 15.4. The van der Waals surface area contributed by atoms with Crippen molar-refractivity contribution in [1.82, 2.24) is 0 Å². The largest absolute Gasteiger partial charge is 0.506 e. The lowest BCUT2D eigenvalue weighted by molar-refractivity contribution is 0.0999. The van der Waals surface area contributed by atoms with E-state index in [1.54, 1.807) is 54.5 Å². The van der Waals surface area contributed by atoms with Gasteiger partial charge in [0.15, 0.2) is 0 Å². The molecule has 0 aliphatic rings. The molecule has 4 nitrogen and oxygen atoms in total. The molecule has 0 aliphatic heterocycles. The maximum Gasteiger partial charge on any atom is 0.262 e. The molecule has 1 amide bonds. The van der Waals surface area contributed by atoms with E-state index in [1.165, 1.54) is 0 Å². The summed E-state index contributed by atoms with van der Waals surface area (Å²) in [5.74, 6) is 0.509. The number of carbonyl (C=O) groups is 1. The molecule has 138 valence electrons. The molecular weight excluding hydrogens is 350 g/mol. The maximum absolute atomic E-state index is 13.5. The average molecular weight is 369 g/mol. The number of methoxy groups -OCH3 is 1. The fraction of sp³-hybridized carbons (Fsp3) is 0.0417. The Morgan fingerprint density at radius 1 is 0.821 bits per heavy atom. The van der Waals surface area contributed by atoms with E-state index in [4.69, 9.17) is 4.74 Å². The highest BCUT2D eigenvalue weighted by Crippen LogP contribution is 2.40. The molecule has 0 unspecified atom stereocenters. The van der Waals surface area contributed by atoms with Crippen molar-refractivity contribution in [3.8, 4) is 11.5 Å². The van der Waals surface area contributed by atoms with Crippen LogP contribution in [0.15, 0.2) is 91.0 Å². The number of anilines is 2. The Balaban J connectivity index is 1.96. The van der Waals surface area contributed by atoms with Crippen LogP contribution in [0.4, 0.5) is 11.4 Å². The quantitative estimate of drug-likeness (QED) is 0.514. The van der Waals surface area contributed by atoms with Crippen molar-refractivity contribution in [3.05, 3.63) is 96.6 Å². The Labute approximate surface area is 163 Å². The van der Waals surface area contributed by atoms with Gasteiger partial charge in [-0.2, -0.15) is 0 Å². The predicted octanol–water partition coefficient (Wildman–Crippen LogP) is 5.53. The molecule has 4 aromatic rings. The Morgan fingerprint density at radius 2 is 1.50 bits per heavy atom. The van der Waals surface area contributed by atoms with E-state index in [-0.39, 0.29) is 11.7 Å². The molecule has 0 spiro atoms. The van der Waals surface area contributed by atoms with Gasteiger partial charge in [0.2, 0.25) is 0 Å². The Morgan fingerprint density at radius 3 is 2.21 bits per heavy atom. The first-order valence-electron chi connectivity index (χ1n) is 8.93. The SMILES string of the molecule is COc1ccc(N(C(=O)c2ccccc2)c2c(O)ccc3ccccc23)cc1. The minimum absolute atomic E-state index is 0.0406. The van der Waals surface area contributed by atoms with Crippen LogP contribution in [0.5, 0.6) is 11.5 Å². The molecule has 28 heavy (non-hydrogen) atoms. The summed E-state index contributed by atoms with van der Waals surface area (Å²) in [7, 11) is 1.60. The molecule has 1 N–H and O–H groups in total. The van der Waals surface area contributed by atoms with Gasteiger partial charge in [-0.1, -0.05) is 48.5 Å². The van der Waals surface area contributed by atoms with Crippen LogP contribution in [0.2, 0.25) is 0 Å². The van der Waals surface area contributed by atoms with Crippen molar-refractivity contribution in [2.45, 2.75) is 0 Å². The monoisotopic (exact) mass is 369 g/mol. The molecule has 4 rings (SSSR count). The topological polar surface area (TPSA) is 49.8 Å². The van der Waals surface area contributed by atoms with E-state index in [0.29, 0.717) is 22.7 Å². The fourth-order valence-corrected chi connectivity index (χ4v) is 3.27. The lowest BCUT2D eigenvalue weighted by Gasteiger charge is -2.25. The summed E-state index contributed by atoms with van der Waals surface area (Å²) in [5, 5.41) is 12.5. The first kappa shape index (κ1) is 17.6. The van der Waals surface area contributed by atoms with Crippen LogP contribution in [-0.4, -0.2) is 18.1 Å². The Hall–Kier alpha value is -3.79. The zero-order chi connectivity index (χ0) is 19.5. The van der Waals surface area contributed by atoms with E-state index in [9.17, 15) is 9.90 Å². The fourth-order valence-electron chi connectivity index (χ4n) is 3.27. The molecule has 4 aromatic carbocycles. The number of nitrogens with zero attached hydrogens (tertiary/aromatic N) is 1. The third-order valence-corrected chi connectivity index (χ3v) is 4.66. The van der Waals surface area contributed by atoms with Gasteiger partial charge in [-0.25, -0.2) is 0 Å². The third-order valence-electron chi connectivity index (χ3n) is 4.66. The molecule has 0 radical (unpaired) electrons. The molecule has 0 heterocycles. The standard InChI is InChI=1S/C24H19NO3/c1-28-20-14-12-19(13-15-20)25(24(27)18-8-3-2-4-9-18)23-21-10-6-5-7-17(21)11-16-22(23)26/h2-16,26H,1H3. The van der Waals surface area contributed by atoms with Crippen molar-refractivity contribution in [3.63, 3.8) is 0 Å². The van der Waals surface area contributed by atoms with Gasteiger partial charge in [0.25, 0.3) is 5.91 Å². The third kappa shape index (κ3) is 3.16. The number of fused-ring (bicyclic) bond motifs is 1. The summed E-state index contributed by atoms with van der Waals surface area (Å²) in [6, 6.07) is 27.4. The molecule has 0 saturated heterocycles. The number of hydrogen-bond acceptors (Lipinski definition) is 3. The van der Waals surface area contributed by atoms with Gasteiger partial charge in [-0.15, -0.1) is 0 Å². The van der Waals surface area contributed by atoms with Gasteiger partial charge in [0.1, 0.15) is 11.5 Å². The molecule has 0 aliphatic carbocycles. The summed E-state index contributed by atoms with van der Waals surface area (Å²) in [6.45, 7) is 0. The molecular formula is C24H19NO3. The van der Waals surface area contributed by atoms with Crippen molar-refractivity contribution in [2.75, 3.05) is 12.0 Å². The lowest BCUT2D eigenvalue weighted by Crippen LogP contribution is -2.26. The van der Waals surface area contributed by atoms with E-state index >= 15 is 0 Å².